The van der Waals surface area contributed by atoms with Crippen molar-refractivity contribution in [3.8, 4) is 11.6 Å². The minimum atomic E-state index is -1.32. The third-order valence-corrected chi connectivity index (χ3v) is 10.5. The number of amides is 3. The van der Waals surface area contributed by atoms with Gasteiger partial charge in [0, 0.05) is 30.3 Å². The summed E-state index contributed by atoms with van der Waals surface area (Å²) in [5.74, 6) is -1.04. The number of alkyl carbamates (subject to hydrolysis) is 1. The van der Waals surface area contributed by atoms with Gasteiger partial charge in [0.1, 0.15) is 29.5 Å². The standard InChI is InChI=1S/C36H48N4O8/c1-3-46-30-19-29(27-16-10-11-22(2)32(27)38-30)47-26-18-28-33(42)39-36(34(43)44)20-23(36)12-6-4-5-7-13-24(17-31(41)40(28)21-26)37-35(45)48-25-14-8-9-15-25/h10-11,16,19,23-26,28H,3-9,12-15,17-18,20-21H2,1-2H3,(H,37,45)(H,39,42)(H,43,44)/t23-,24+,26-,28+,36-/m1/s1. The van der Waals surface area contributed by atoms with E-state index in [0.717, 1.165) is 67.8 Å². The van der Waals surface area contributed by atoms with E-state index in [-0.39, 0.29) is 37.3 Å². The van der Waals surface area contributed by atoms with E-state index in [1.165, 1.54) is 4.90 Å². The van der Waals surface area contributed by atoms with Crippen LogP contribution in [0.2, 0.25) is 0 Å². The highest BCUT2D eigenvalue weighted by atomic mass is 16.6. The summed E-state index contributed by atoms with van der Waals surface area (Å²) in [6.07, 6.45) is 7.92. The molecule has 4 fully saturated rings. The highest BCUT2D eigenvalue weighted by Gasteiger charge is 2.62. The maximum Gasteiger partial charge on any atom is 0.407 e. The SMILES string of the molecule is CCOc1cc(O[C@@H]2C[C@H]3C(=O)N[C@]4(C(=O)O)C[C@H]4CCCCCC[C@H](NC(=O)OC4CCCC4)CC(=O)N3C2)c2cccc(C)c2n1. The van der Waals surface area contributed by atoms with E-state index < -0.39 is 41.7 Å². The topological polar surface area (TPSA) is 156 Å². The lowest BCUT2D eigenvalue weighted by atomic mass is 10.0. The van der Waals surface area contributed by atoms with Gasteiger partial charge >= 0.3 is 12.1 Å². The van der Waals surface area contributed by atoms with Crippen molar-refractivity contribution in [2.24, 2.45) is 5.92 Å². The van der Waals surface area contributed by atoms with Gasteiger partial charge < -0.3 is 34.9 Å². The van der Waals surface area contributed by atoms with Gasteiger partial charge in [-0.1, -0.05) is 37.8 Å². The summed E-state index contributed by atoms with van der Waals surface area (Å²) in [4.78, 5) is 59.4. The summed E-state index contributed by atoms with van der Waals surface area (Å²) in [7, 11) is 0. The zero-order chi connectivity index (χ0) is 33.8. The van der Waals surface area contributed by atoms with Gasteiger partial charge in [0.05, 0.1) is 18.7 Å². The Kier molecular flexibility index (Phi) is 10.3. The molecule has 48 heavy (non-hydrogen) atoms. The molecule has 4 aliphatic rings. The molecule has 1 aromatic carbocycles. The summed E-state index contributed by atoms with van der Waals surface area (Å²) in [5.41, 5.74) is 0.377. The van der Waals surface area contributed by atoms with Crippen molar-refractivity contribution >= 4 is 34.8 Å². The molecule has 0 radical (unpaired) electrons. The molecule has 3 N–H and O–H groups in total. The number of hydrogen-bond acceptors (Lipinski definition) is 8. The van der Waals surface area contributed by atoms with Crippen molar-refractivity contribution in [3.63, 3.8) is 0 Å². The number of nitrogens with one attached hydrogen (secondary N) is 2. The molecule has 0 spiro atoms. The molecule has 3 amide bonds. The van der Waals surface area contributed by atoms with Crippen LogP contribution in [0.3, 0.4) is 0 Å². The number of pyridine rings is 1. The summed E-state index contributed by atoms with van der Waals surface area (Å²) < 4.78 is 17.9. The van der Waals surface area contributed by atoms with Gasteiger partial charge in [0.25, 0.3) is 0 Å². The van der Waals surface area contributed by atoms with Crippen LogP contribution >= 0.6 is 0 Å². The maximum absolute atomic E-state index is 14.1. The first-order valence-electron chi connectivity index (χ1n) is 17.7. The van der Waals surface area contributed by atoms with Gasteiger partial charge in [-0.25, -0.2) is 14.6 Å². The Morgan fingerprint density at radius 1 is 1.06 bits per heavy atom. The lowest BCUT2D eigenvalue weighted by molar-refractivity contribution is -0.145. The maximum atomic E-state index is 14.1. The first-order valence-corrected chi connectivity index (χ1v) is 17.7. The quantitative estimate of drug-likeness (QED) is 0.369. The highest BCUT2D eigenvalue weighted by molar-refractivity contribution is 5.95. The van der Waals surface area contributed by atoms with Crippen LogP contribution in [-0.2, 0) is 19.1 Å². The predicted molar refractivity (Wildman–Crippen MR) is 177 cm³/mol. The number of nitrogens with zero attached hydrogens (tertiary/aromatic N) is 2. The van der Waals surface area contributed by atoms with Crippen molar-refractivity contribution in [3.05, 3.63) is 29.8 Å². The Hall–Kier alpha value is -4.09. The molecule has 260 valence electrons. The fourth-order valence-electron chi connectivity index (χ4n) is 7.74. The van der Waals surface area contributed by atoms with Crippen LogP contribution in [0, 0.1) is 12.8 Å². The fourth-order valence-corrected chi connectivity index (χ4v) is 7.74. The molecular formula is C36H48N4O8. The van der Waals surface area contributed by atoms with Crippen molar-refractivity contribution in [2.75, 3.05) is 13.2 Å². The number of para-hydroxylation sites is 1. The number of carbonyl (C=O) groups excluding carboxylic acids is 3. The van der Waals surface area contributed by atoms with Crippen LogP contribution in [-0.4, -0.2) is 81.8 Å². The average molecular weight is 665 g/mol. The predicted octanol–water partition coefficient (Wildman–Crippen LogP) is 5.03. The van der Waals surface area contributed by atoms with Crippen molar-refractivity contribution in [1.82, 2.24) is 20.5 Å². The monoisotopic (exact) mass is 664 g/mol. The molecule has 6 rings (SSSR count). The second-order valence-electron chi connectivity index (χ2n) is 13.9. The number of carboxylic acid groups (broad SMARTS) is 1. The second-order valence-corrected chi connectivity index (χ2v) is 13.9. The summed E-state index contributed by atoms with van der Waals surface area (Å²) in [6.45, 7) is 4.38. The van der Waals surface area contributed by atoms with Gasteiger partial charge in [-0.05, 0) is 76.3 Å². The molecule has 1 aromatic heterocycles. The lowest BCUT2D eigenvalue weighted by Crippen LogP contribution is -2.53. The molecule has 2 saturated carbocycles. The van der Waals surface area contributed by atoms with E-state index in [1.54, 1.807) is 6.07 Å². The van der Waals surface area contributed by atoms with Crippen LogP contribution in [0.4, 0.5) is 4.79 Å². The van der Waals surface area contributed by atoms with Gasteiger partial charge in [-0.2, -0.15) is 0 Å². The Bertz CT molecular complexity index is 1530. The third kappa shape index (κ3) is 7.47. The minimum absolute atomic E-state index is 0.00512. The fraction of sp³-hybridized carbons (Fsp3) is 0.639. The van der Waals surface area contributed by atoms with Crippen LogP contribution in [0.5, 0.6) is 11.6 Å². The number of aromatic nitrogens is 1. The number of carbonyl (C=O) groups is 4. The first-order chi connectivity index (χ1) is 23.2. The zero-order valence-corrected chi connectivity index (χ0v) is 28.0. The molecule has 0 bridgehead atoms. The average Bonchev–Trinajstić information content (AvgIpc) is 3.33. The molecule has 12 nitrogen and oxygen atoms in total. The number of aliphatic carboxylic acids is 1. The van der Waals surface area contributed by atoms with E-state index in [9.17, 15) is 24.3 Å². The van der Waals surface area contributed by atoms with E-state index in [4.69, 9.17) is 14.2 Å². The third-order valence-electron chi connectivity index (χ3n) is 10.5. The van der Waals surface area contributed by atoms with Crippen LogP contribution < -0.4 is 20.1 Å². The molecule has 2 aromatic rings. The molecule has 5 atom stereocenters. The molecule has 3 heterocycles. The van der Waals surface area contributed by atoms with Crippen LogP contribution in [0.15, 0.2) is 24.3 Å². The van der Waals surface area contributed by atoms with E-state index in [1.807, 2.05) is 32.0 Å². The Morgan fingerprint density at radius 2 is 1.81 bits per heavy atom. The molecule has 2 aliphatic heterocycles. The van der Waals surface area contributed by atoms with E-state index in [2.05, 4.69) is 15.6 Å². The summed E-state index contributed by atoms with van der Waals surface area (Å²) >= 11 is 0. The summed E-state index contributed by atoms with van der Waals surface area (Å²) in [6, 6.07) is 6.13. The number of fused-ring (bicyclic) bond motifs is 3. The van der Waals surface area contributed by atoms with Gasteiger partial charge in [0.15, 0.2) is 0 Å². The van der Waals surface area contributed by atoms with Crippen molar-refractivity contribution < 1.29 is 38.5 Å². The molecule has 2 aliphatic carbocycles. The van der Waals surface area contributed by atoms with Crippen molar-refractivity contribution in [1.29, 1.82) is 0 Å². The molecule has 0 unspecified atom stereocenters. The summed E-state index contributed by atoms with van der Waals surface area (Å²) in [5, 5.41) is 16.8. The largest absolute Gasteiger partial charge is 0.488 e. The molecule has 2 saturated heterocycles. The number of benzene rings is 1. The first kappa shape index (κ1) is 33.8. The molecule has 12 heteroatoms. The number of ether oxygens (including phenoxy) is 3. The lowest BCUT2D eigenvalue weighted by Gasteiger charge is -2.27. The van der Waals surface area contributed by atoms with Gasteiger partial charge in [-0.3, -0.25) is 9.59 Å². The molecular weight excluding hydrogens is 616 g/mol. The number of carboxylic acids is 1. The number of rotatable bonds is 7. The Labute approximate surface area is 281 Å². The minimum Gasteiger partial charge on any atom is -0.488 e. The zero-order valence-electron chi connectivity index (χ0n) is 28.0. The normalized spacial score (nSPS) is 28.4. The smallest absolute Gasteiger partial charge is 0.407 e. The Morgan fingerprint density at radius 3 is 2.56 bits per heavy atom. The van der Waals surface area contributed by atoms with E-state index >= 15 is 0 Å². The van der Waals surface area contributed by atoms with Crippen LogP contribution in [0.25, 0.3) is 10.9 Å². The van der Waals surface area contributed by atoms with Gasteiger partial charge in [0.2, 0.25) is 17.7 Å². The highest BCUT2D eigenvalue weighted by Crippen LogP contribution is 2.47. The number of hydrogen-bond donors (Lipinski definition) is 3. The number of aryl methyl sites for hydroxylation is 1. The van der Waals surface area contributed by atoms with E-state index in [0.29, 0.717) is 37.5 Å². The van der Waals surface area contributed by atoms with Crippen LogP contribution in [0.1, 0.15) is 96.0 Å². The Balaban J connectivity index is 1.25. The van der Waals surface area contributed by atoms with Gasteiger partial charge in [-0.15, -0.1) is 0 Å². The van der Waals surface area contributed by atoms with Crippen molar-refractivity contribution in [2.45, 2.75) is 127 Å². The second kappa shape index (κ2) is 14.6.